The summed E-state index contributed by atoms with van der Waals surface area (Å²) >= 11 is 0. The van der Waals surface area contributed by atoms with E-state index in [1.165, 1.54) is 4.90 Å². The van der Waals surface area contributed by atoms with Crippen molar-refractivity contribution < 1.29 is 14.3 Å². The van der Waals surface area contributed by atoms with Crippen LogP contribution in [0.3, 0.4) is 0 Å². The molecule has 0 radical (unpaired) electrons. The van der Waals surface area contributed by atoms with Crippen molar-refractivity contribution in [3.8, 4) is 0 Å². The van der Waals surface area contributed by atoms with Gasteiger partial charge in [-0.1, -0.05) is 0 Å². The molecular weight excluding hydrogens is 182 g/mol. The van der Waals surface area contributed by atoms with Gasteiger partial charge in [0.25, 0.3) is 0 Å². The lowest BCUT2D eigenvalue weighted by Crippen LogP contribution is -2.30. The summed E-state index contributed by atoms with van der Waals surface area (Å²) < 4.78 is 5.36. The predicted octanol–water partition coefficient (Wildman–Crippen LogP) is 0.169. The fourth-order valence-corrected chi connectivity index (χ4v) is 2.79. The van der Waals surface area contributed by atoms with Crippen LogP contribution < -0.4 is 0 Å². The molecule has 0 bridgehead atoms. The summed E-state index contributed by atoms with van der Waals surface area (Å²) in [5.41, 5.74) is 0. The lowest BCUT2D eigenvalue weighted by molar-refractivity contribution is -0.139. The zero-order valence-electron chi connectivity index (χ0n) is 8.10. The Morgan fingerprint density at radius 1 is 1.21 bits per heavy atom. The Bertz CT molecular complexity index is 286. The summed E-state index contributed by atoms with van der Waals surface area (Å²) in [4.78, 5) is 25.0. The second-order valence-electron chi connectivity index (χ2n) is 4.32. The molecule has 0 aromatic heterocycles. The number of carbonyl (C=O) groups excluding carboxylic acids is 2. The molecule has 1 saturated carbocycles. The maximum Gasteiger partial charge on any atom is 0.233 e. The van der Waals surface area contributed by atoms with Gasteiger partial charge in [-0.05, 0) is 19.8 Å². The number of likely N-dealkylation sites (tertiary alicyclic amines) is 1. The number of amides is 2. The van der Waals surface area contributed by atoms with E-state index in [-0.39, 0.29) is 35.9 Å². The topological polar surface area (TPSA) is 49.9 Å². The molecule has 4 nitrogen and oxygen atoms in total. The SMILES string of the molecule is CCN1C(=O)[C@H]2C[C@@H]3O[C@@H]3C[C@H]2C1=O. The molecule has 0 unspecified atom stereocenters. The summed E-state index contributed by atoms with van der Waals surface area (Å²) in [6, 6.07) is 0. The van der Waals surface area contributed by atoms with Crippen molar-refractivity contribution in [3.05, 3.63) is 0 Å². The maximum atomic E-state index is 11.8. The van der Waals surface area contributed by atoms with E-state index in [1.54, 1.807) is 0 Å². The third-order valence-corrected chi connectivity index (χ3v) is 3.63. The van der Waals surface area contributed by atoms with E-state index in [0.29, 0.717) is 6.54 Å². The van der Waals surface area contributed by atoms with Crippen LogP contribution in [0.4, 0.5) is 0 Å². The van der Waals surface area contributed by atoms with E-state index in [4.69, 9.17) is 4.74 Å². The molecule has 2 amide bonds. The van der Waals surface area contributed by atoms with Crippen LogP contribution in [-0.2, 0) is 14.3 Å². The van der Waals surface area contributed by atoms with Gasteiger partial charge in [-0.15, -0.1) is 0 Å². The van der Waals surface area contributed by atoms with E-state index >= 15 is 0 Å². The summed E-state index contributed by atoms with van der Waals surface area (Å²) in [7, 11) is 0. The number of imide groups is 1. The minimum absolute atomic E-state index is 0.0245. The van der Waals surface area contributed by atoms with Gasteiger partial charge in [-0.25, -0.2) is 0 Å². The first kappa shape index (κ1) is 8.41. The van der Waals surface area contributed by atoms with Gasteiger partial charge in [-0.2, -0.15) is 0 Å². The van der Waals surface area contributed by atoms with Crippen LogP contribution in [0.1, 0.15) is 19.8 Å². The van der Waals surface area contributed by atoms with Crippen molar-refractivity contribution in [1.29, 1.82) is 0 Å². The first-order valence-electron chi connectivity index (χ1n) is 5.23. The number of rotatable bonds is 1. The van der Waals surface area contributed by atoms with Gasteiger partial charge >= 0.3 is 0 Å². The molecule has 76 valence electrons. The Kier molecular flexibility index (Phi) is 1.54. The van der Waals surface area contributed by atoms with Gasteiger partial charge in [0.15, 0.2) is 0 Å². The smallest absolute Gasteiger partial charge is 0.233 e. The highest BCUT2D eigenvalue weighted by atomic mass is 16.6. The number of hydrogen-bond donors (Lipinski definition) is 0. The van der Waals surface area contributed by atoms with Gasteiger partial charge < -0.3 is 4.74 Å². The highest BCUT2D eigenvalue weighted by molar-refractivity contribution is 6.05. The van der Waals surface area contributed by atoms with Crippen LogP contribution in [0, 0.1) is 11.8 Å². The number of fused-ring (bicyclic) bond motifs is 2. The largest absolute Gasteiger partial charge is 0.370 e. The van der Waals surface area contributed by atoms with Crippen molar-refractivity contribution in [2.45, 2.75) is 32.0 Å². The van der Waals surface area contributed by atoms with E-state index in [2.05, 4.69) is 0 Å². The Morgan fingerprint density at radius 2 is 1.71 bits per heavy atom. The molecule has 0 spiro atoms. The lowest BCUT2D eigenvalue weighted by Gasteiger charge is -2.16. The minimum atomic E-state index is -0.0776. The molecular formula is C10H13NO3. The van der Waals surface area contributed by atoms with E-state index < -0.39 is 0 Å². The van der Waals surface area contributed by atoms with Crippen LogP contribution in [0.2, 0.25) is 0 Å². The first-order chi connectivity index (χ1) is 6.72. The molecule has 4 atom stereocenters. The van der Waals surface area contributed by atoms with Crippen LogP contribution in [-0.4, -0.2) is 35.5 Å². The summed E-state index contributed by atoms with van der Waals surface area (Å²) in [6.45, 7) is 2.37. The number of nitrogens with zero attached hydrogens (tertiary/aromatic N) is 1. The second kappa shape index (κ2) is 2.57. The van der Waals surface area contributed by atoms with E-state index in [9.17, 15) is 9.59 Å². The quantitative estimate of drug-likeness (QED) is 0.442. The lowest BCUT2D eigenvalue weighted by atomic mass is 9.81. The van der Waals surface area contributed by atoms with Crippen LogP contribution >= 0.6 is 0 Å². The van der Waals surface area contributed by atoms with Crippen LogP contribution in [0.25, 0.3) is 0 Å². The Labute approximate surface area is 82.2 Å². The number of ether oxygens (including phenoxy) is 1. The van der Waals surface area contributed by atoms with Crippen molar-refractivity contribution in [2.75, 3.05) is 6.54 Å². The fourth-order valence-electron chi connectivity index (χ4n) is 2.79. The first-order valence-corrected chi connectivity index (χ1v) is 5.23. The third kappa shape index (κ3) is 0.919. The molecule has 2 heterocycles. The molecule has 4 heteroatoms. The van der Waals surface area contributed by atoms with Crippen molar-refractivity contribution in [1.82, 2.24) is 4.90 Å². The van der Waals surface area contributed by atoms with Crippen molar-refractivity contribution in [3.63, 3.8) is 0 Å². The van der Waals surface area contributed by atoms with Gasteiger partial charge in [0.2, 0.25) is 11.8 Å². The molecule has 14 heavy (non-hydrogen) atoms. The average molecular weight is 195 g/mol. The second-order valence-corrected chi connectivity index (χ2v) is 4.32. The molecule has 0 N–H and O–H groups in total. The van der Waals surface area contributed by atoms with Gasteiger partial charge in [0.05, 0.1) is 24.0 Å². The van der Waals surface area contributed by atoms with Gasteiger partial charge in [-0.3, -0.25) is 14.5 Å². The normalized spacial score (nSPS) is 45.1. The van der Waals surface area contributed by atoms with Gasteiger partial charge in [0.1, 0.15) is 0 Å². The zero-order chi connectivity index (χ0) is 9.87. The minimum Gasteiger partial charge on any atom is -0.370 e. The molecule has 0 aromatic carbocycles. The summed E-state index contributed by atoms with van der Waals surface area (Å²) in [5, 5.41) is 0. The zero-order valence-corrected chi connectivity index (χ0v) is 8.10. The molecule has 1 aliphatic carbocycles. The molecule has 3 aliphatic rings. The highest BCUT2D eigenvalue weighted by Gasteiger charge is 2.57. The highest BCUT2D eigenvalue weighted by Crippen LogP contribution is 2.46. The Balaban J connectivity index is 1.88. The van der Waals surface area contributed by atoms with Crippen molar-refractivity contribution >= 4 is 11.8 Å². The fraction of sp³-hybridized carbons (Fsp3) is 0.800. The number of hydrogen-bond acceptors (Lipinski definition) is 3. The average Bonchev–Trinajstić information content (AvgIpc) is 2.89. The van der Waals surface area contributed by atoms with E-state index in [1.807, 2.05) is 6.92 Å². The summed E-state index contributed by atoms with van der Waals surface area (Å²) in [6.07, 6.45) is 2.06. The van der Waals surface area contributed by atoms with E-state index in [0.717, 1.165) is 12.8 Å². The molecule has 2 saturated heterocycles. The maximum absolute atomic E-state index is 11.8. The van der Waals surface area contributed by atoms with Gasteiger partial charge in [0, 0.05) is 6.54 Å². The number of epoxide rings is 1. The Hall–Kier alpha value is -0.900. The molecule has 0 aromatic rings. The molecule has 2 aliphatic heterocycles. The van der Waals surface area contributed by atoms with Crippen LogP contribution in [0.5, 0.6) is 0 Å². The summed E-state index contributed by atoms with van der Waals surface area (Å²) in [5.74, 6) is -0.106. The third-order valence-electron chi connectivity index (χ3n) is 3.63. The predicted molar refractivity (Wildman–Crippen MR) is 47.3 cm³/mol. The molecule has 3 fully saturated rings. The van der Waals surface area contributed by atoms with Crippen molar-refractivity contribution in [2.24, 2.45) is 11.8 Å². The number of carbonyl (C=O) groups is 2. The Morgan fingerprint density at radius 3 is 2.14 bits per heavy atom. The molecule has 3 rings (SSSR count). The monoisotopic (exact) mass is 195 g/mol. The standard InChI is InChI=1S/C10H13NO3/c1-2-11-9(12)5-3-7-8(14-7)4-6(5)10(11)13/h5-8H,2-4H2,1H3/t5-,6+,7-,8+. The van der Waals surface area contributed by atoms with Crippen LogP contribution in [0.15, 0.2) is 0 Å².